The molecule has 0 spiro atoms. The summed E-state index contributed by atoms with van der Waals surface area (Å²) < 4.78 is 27.1. The molecular formula is C18H29N3O4S. The third-order valence-electron chi connectivity index (χ3n) is 4.54. The molecule has 2 atom stereocenters. The highest BCUT2D eigenvalue weighted by molar-refractivity contribution is 7.89. The number of β-amino-alcohol motifs (C(OH)–C–C–N with tert-alkyl or cyclic N) is 1. The number of benzene rings is 1. The quantitative estimate of drug-likeness (QED) is 0.543. The van der Waals surface area contributed by atoms with Gasteiger partial charge in [0.2, 0.25) is 15.9 Å². The van der Waals surface area contributed by atoms with Gasteiger partial charge in [-0.15, -0.1) is 0 Å². The molecule has 1 aliphatic heterocycles. The zero-order valence-corrected chi connectivity index (χ0v) is 16.4. The van der Waals surface area contributed by atoms with Crippen LogP contribution in [0.4, 0.5) is 0 Å². The summed E-state index contributed by atoms with van der Waals surface area (Å²) in [5.74, 6) is -0.244. The van der Waals surface area contributed by atoms with Crippen molar-refractivity contribution in [3.63, 3.8) is 0 Å². The Kier molecular flexibility index (Phi) is 6.79. The second-order valence-electron chi connectivity index (χ2n) is 7.71. The summed E-state index contributed by atoms with van der Waals surface area (Å²) in [5.41, 5.74) is 1.01. The van der Waals surface area contributed by atoms with E-state index >= 15 is 0 Å². The van der Waals surface area contributed by atoms with E-state index in [1.165, 1.54) is 0 Å². The molecule has 2 rings (SSSR count). The molecular weight excluding hydrogens is 354 g/mol. The van der Waals surface area contributed by atoms with Gasteiger partial charge in [0.25, 0.3) is 0 Å². The van der Waals surface area contributed by atoms with Crippen molar-refractivity contribution < 1.29 is 18.3 Å². The van der Waals surface area contributed by atoms with Gasteiger partial charge >= 0.3 is 0 Å². The first-order valence-corrected chi connectivity index (χ1v) is 10.3. The average Bonchev–Trinajstić information content (AvgIpc) is 2.97. The molecule has 1 aromatic rings. The Morgan fingerprint density at radius 2 is 1.88 bits per heavy atom. The SMILES string of the molecule is CC(C)(C)c1ccc(S(=O)(=O)NCCC(=O)NCC2CNCC2O)cc1. The second-order valence-corrected chi connectivity index (χ2v) is 9.48. The molecule has 8 heteroatoms. The van der Waals surface area contributed by atoms with E-state index in [0.29, 0.717) is 19.6 Å². The number of carbonyl (C=O) groups is 1. The van der Waals surface area contributed by atoms with Gasteiger partial charge in [-0.3, -0.25) is 4.79 Å². The van der Waals surface area contributed by atoms with Crippen molar-refractivity contribution in [2.24, 2.45) is 5.92 Å². The van der Waals surface area contributed by atoms with Gasteiger partial charge in [0.15, 0.2) is 0 Å². The van der Waals surface area contributed by atoms with Gasteiger partial charge in [-0.25, -0.2) is 13.1 Å². The predicted octanol–water partition coefficient (Wildman–Crippen LogP) is 0.349. The molecule has 1 saturated heterocycles. The van der Waals surface area contributed by atoms with Gasteiger partial charge in [0, 0.05) is 38.5 Å². The third kappa shape index (κ3) is 5.77. The Labute approximate surface area is 155 Å². The number of hydrogen-bond donors (Lipinski definition) is 4. The number of amides is 1. The van der Waals surface area contributed by atoms with Crippen LogP contribution in [0.5, 0.6) is 0 Å². The van der Waals surface area contributed by atoms with Crippen molar-refractivity contribution >= 4 is 15.9 Å². The summed E-state index contributed by atoms with van der Waals surface area (Å²) in [6.45, 7) is 7.80. The van der Waals surface area contributed by atoms with E-state index in [-0.39, 0.29) is 35.1 Å². The Hall–Kier alpha value is -1.48. The Bertz CT molecular complexity index is 711. The fourth-order valence-electron chi connectivity index (χ4n) is 2.78. The molecule has 1 heterocycles. The smallest absolute Gasteiger partial charge is 0.240 e. The molecule has 7 nitrogen and oxygen atoms in total. The number of aliphatic hydroxyl groups is 1. The number of rotatable bonds is 7. The van der Waals surface area contributed by atoms with Crippen molar-refractivity contribution in [1.82, 2.24) is 15.4 Å². The topological polar surface area (TPSA) is 108 Å². The van der Waals surface area contributed by atoms with E-state index in [4.69, 9.17) is 0 Å². The molecule has 0 aromatic heterocycles. The molecule has 1 amide bonds. The van der Waals surface area contributed by atoms with E-state index in [9.17, 15) is 18.3 Å². The van der Waals surface area contributed by atoms with E-state index in [1.807, 2.05) is 12.1 Å². The number of nitrogens with one attached hydrogen (secondary N) is 3. The largest absolute Gasteiger partial charge is 0.391 e. The van der Waals surface area contributed by atoms with E-state index in [1.54, 1.807) is 12.1 Å². The van der Waals surface area contributed by atoms with Gasteiger partial charge < -0.3 is 15.7 Å². The fraction of sp³-hybridized carbons (Fsp3) is 0.611. The Morgan fingerprint density at radius 3 is 2.42 bits per heavy atom. The molecule has 1 fully saturated rings. The van der Waals surface area contributed by atoms with Crippen LogP contribution in [0, 0.1) is 5.92 Å². The molecule has 2 unspecified atom stereocenters. The molecule has 1 aromatic carbocycles. The summed E-state index contributed by atoms with van der Waals surface area (Å²) in [5, 5.41) is 15.5. The number of aliphatic hydroxyl groups excluding tert-OH is 1. The summed E-state index contributed by atoms with van der Waals surface area (Å²) in [6.07, 6.45) is -0.403. The summed E-state index contributed by atoms with van der Waals surface area (Å²) in [6, 6.07) is 6.78. The van der Waals surface area contributed by atoms with Crippen LogP contribution in [-0.4, -0.2) is 51.7 Å². The van der Waals surface area contributed by atoms with Crippen LogP contribution in [0.15, 0.2) is 29.2 Å². The first-order valence-electron chi connectivity index (χ1n) is 8.85. The maximum Gasteiger partial charge on any atom is 0.240 e. The van der Waals surface area contributed by atoms with Crippen LogP contribution in [0.3, 0.4) is 0 Å². The molecule has 0 radical (unpaired) electrons. The zero-order valence-electron chi connectivity index (χ0n) is 15.6. The molecule has 0 bridgehead atoms. The lowest BCUT2D eigenvalue weighted by Crippen LogP contribution is -2.36. The minimum Gasteiger partial charge on any atom is -0.391 e. The number of hydrogen-bond acceptors (Lipinski definition) is 5. The maximum atomic E-state index is 12.3. The van der Waals surface area contributed by atoms with E-state index in [2.05, 4.69) is 36.1 Å². The molecule has 0 aliphatic carbocycles. The van der Waals surface area contributed by atoms with Gasteiger partial charge in [-0.2, -0.15) is 0 Å². The maximum absolute atomic E-state index is 12.3. The molecule has 1 aliphatic rings. The highest BCUT2D eigenvalue weighted by Crippen LogP contribution is 2.23. The zero-order chi connectivity index (χ0) is 19.4. The normalized spacial score (nSPS) is 20.9. The van der Waals surface area contributed by atoms with Gasteiger partial charge in [-0.1, -0.05) is 32.9 Å². The summed E-state index contributed by atoms with van der Waals surface area (Å²) in [4.78, 5) is 12.0. The molecule has 26 heavy (non-hydrogen) atoms. The van der Waals surface area contributed by atoms with Gasteiger partial charge in [0.05, 0.1) is 11.0 Å². The summed E-state index contributed by atoms with van der Waals surface area (Å²) >= 11 is 0. The lowest BCUT2D eigenvalue weighted by Gasteiger charge is -2.19. The van der Waals surface area contributed by atoms with Gasteiger partial charge in [-0.05, 0) is 23.1 Å². The highest BCUT2D eigenvalue weighted by atomic mass is 32.2. The van der Waals surface area contributed by atoms with Crippen LogP contribution >= 0.6 is 0 Å². The summed E-state index contributed by atoms with van der Waals surface area (Å²) in [7, 11) is -3.64. The first-order chi connectivity index (χ1) is 12.1. The van der Waals surface area contributed by atoms with Crippen molar-refractivity contribution in [2.75, 3.05) is 26.2 Å². The lowest BCUT2D eigenvalue weighted by molar-refractivity contribution is -0.121. The minimum absolute atomic E-state index is 0.00280. The fourth-order valence-corrected chi connectivity index (χ4v) is 3.81. The van der Waals surface area contributed by atoms with Crippen LogP contribution in [0.2, 0.25) is 0 Å². The van der Waals surface area contributed by atoms with Crippen LogP contribution in [-0.2, 0) is 20.2 Å². The minimum atomic E-state index is -3.64. The highest BCUT2D eigenvalue weighted by Gasteiger charge is 2.25. The Morgan fingerprint density at radius 1 is 1.23 bits per heavy atom. The monoisotopic (exact) mass is 383 g/mol. The molecule has 4 N–H and O–H groups in total. The first kappa shape index (κ1) is 20.8. The van der Waals surface area contributed by atoms with Crippen molar-refractivity contribution in [3.05, 3.63) is 29.8 Å². The lowest BCUT2D eigenvalue weighted by atomic mass is 9.87. The van der Waals surface area contributed by atoms with Crippen LogP contribution in [0.1, 0.15) is 32.8 Å². The number of carbonyl (C=O) groups excluding carboxylic acids is 1. The van der Waals surface area contributed by atoms with E-state index < -0.39 is 16.1 Å². The average molecular weight is 384 g/mol. The number of sulfonamides is 1. The van der Waals surface area contributed by atoms with Crippen LogP contribution in [0.25, 0.3) is 0 Å². The standard InChI is InChI=1S/C18H29N3O4S/c1-18(2,3)14-4-6-15(7-5-14)26(24,25)21-9-8-17(23)20-11-13-10-19-12-16(13)22/h4-7,13,16,19,21-22H,8-12H2,1-3H3,(H,20,23). The van der Waals surface area contributed by atoms with E-state index in [0.717, 1.165) is 5.56 Å². The molecule has 0 saturated carbocycles. The third-order valence-corrected chi connectivity index (χ3v) is 6.02. The Balaban J connectivity index is 1.79. The molecule has 146 valence electrons. The van der Waals surface area contributed by atoms with Crippen LogP contribution < -0.4 is 15.4 Å². The predicted molar refractivity (Wildman–Crippen MR) is 100 cm³/mol. The van der Waals surface area contributed by atoms with Crippen molar-refractivity contribution in [2.45, 2.75) is 43.6 Å². The van der Waals surface area contributed by atoms with Crippen molar-refractivity contribution in [3.8, 4) is 0 Å². The second kappa shape index (κ2) is 8.47. The van der Waals surface area contributed by atoms with Gasteiger partial charge in [0.1, 0.15) is 0 Å². The van der Waals surface area contributed by atoms with Crippen molar-refractivity contribution in [1.29, 1.82) is 0 Å².